The number of hydrogen-bond acceptors (Lipinski definition) is 2. The number of halogens is 3. The van der Waals surface area contributed by atoms with E-state index in [0.717, 1.165) is 0 Å². The van der Waals surface area contributed by atoms with Gasteiger partial charge in [0.1, 0.15) is 0 Å². The van der Waals surface area contributed by atoms with E-state index in [9.17, 15) is 26.1 Å². The van der Waals surface area contributed by atoms with Crippen molar-refractivity contribution in [2.24, 2.45) is 0 Å². The van der Waals surface area contributed by atoms with Crippen LogP contribution in [-0.2, 0) is 14.7 Å². The lowest BCUT2D eigenvalue weighted by Gasteiger charge is -1.99. The first kappa shape index (κ1) is 8.70. The topological polar surface area (TPSA) is 54.0 Å². The summed E-state index contributed by atoms with van der Waals surface area (Å²) in [4.78, 5) is 0. The smallest absolute Gasteiger partial charge is 0.197 e. The predicted octanol–water partition coefficient (Wildman–Crippen LogP) is 0.309. The fourth-order valence-corrected chi connectivity index (χ4v) is 0.601. The molecule has 9 heavy (non-hydrogen) atoms. The SMILES string of the molecule is [O]S(=O)(=O)CC(F)(F)F. The van der Waals surface area contributed by atoms with Crippen molar-refractivity contribution in [2.75, 3.05) is 5.75 Å². The molecule has 1 radical (unpaired) electrons. The minimum Gasteiger partial charge on any atom is -0.197 e. The Balaban J connectivity index is 4.07. The minimum atomic E-state index is -5.16. The molecule has 0 aliphatic carbocycles. The van der Waals surface area contributed by atoms with Gasteiger partial charge in [-0.15, -0.1) is 0 Å². The molecule has 7 heteroatoms. The van der Waals surface area contributed by atoms with E-state index in [1.807, 2.05) is 0 Å². The molecule has 0 saturated heterocycles. The van der Waals surface area contributed by atoms with E-state index < -0.39 is 22.0 Å². The molecular formula is C2H2F3O3S. The lowest BCUT2D eigenvalue weighted by atomic mass is 10.8. The second-order valence-corrected chi connectivity index (χ2v) is 2.72. The monoisotopic (exact) mass is 163 g/mol. The highest BCUT2D eigenvalue weighted by atomic mass is 32.2. The Morgan fingerprint density at radius 3 is 1.56 bits per heavy atom. The Morgan fingerprint density at radius 2 is 1.56 bits per heavy atom. The molecule has 0 aromatic rings. The highest BCUT2D eigenvalue weighted by Gasteiger charge is 2.34. The fraction of sp³-hybridized carbons (Fsp3) is 1.00. The van der Waals surface area contributed by atoms with Crippen molar-refractivity contribution in [3.05, 3.63) is 0 Å². The van der Waals surface area contributed by atoms with Crippen LogP contribution in [0.15, 0.2) is 0 Å². The summed E-state index contributed by atoms with van der Waals surface area (Å²) in [5, 5.41) is 0. The molecule has 3 nitrogen and oxygen atoms in total. The Bertz CT molecular complexity index is 178. The van der Waals surface area contributed by atoms with Gasteiger partial charge in [-0.25, -0.2) is 0 Å². The molecule has 55 valence electrons. The molecular weight excluding hydrogens is 161 g/mol. The van der Waals surface area contributed by atoms with Gasteiger partial charge in [0.05, 0.1) is 0 Å². The molecule has 0 N–H and O–H groups in total. The summed E-state index contributed by atoms with van der Waals surface area (Å²) in [6, 6.07) is 0. The van der Waals surface area contributed by atoms with Crippen LogP contribution in [0.4, 0.5) is 13.2 Å². The van der Waals surface area contributed by atoms with Gasteiger partial charge in [-0.3, -0.25) is 0 Å². The molecule has 0 spiro atoms. The zero-order valence-corrected chi connectivity index (χ0v) is 4.79. The first-order chi connectivity index (χ1) is 3.71. The number of rotatable bonds is 1. The molecule has 0 aromatic carbocycles. The van der Waals surface area contributed by atoms with Crippen LogP contribution < -0.4 is 0 Å². The van der Waals surface area contributed by atoms with E-state index in [1.165, 1.54) is 0 Å². The van der Waals surface area contributed by atoms with E-state index in [2.05, 4.69) is 0 Å². The van der Waals surface area contributed by atoms with Gasteiger partial charge in [0, 0.05) is 0 Å². The van der Waals surface area contributed by atoms with E-state index in [4.69, 9.17) is 0 Å². The second-order valence-electron chi connectivity index (χ2n) is 1.32. The Labute approximate surface area is 49.2 Å². The average molecular weight is 163 g/mol. The largest absolute Gasteiger partial charge is 0.405 e. The second kappa shape index (κ2) is 2.14. The Kier molecular flexibility index (Phi) is 2.07. The quantitative estimate of drug-likeness (QED) is 0.558. The molecule has 0 atom stereocenters. The van der Waals surface area contributed by atoms with Gasteiger partial charge in [-0.1, -0.05) is 4.55 Å². The van der Waals surface area contributed by atoms with Gasteiger partial charge in [0.15, 0.2) is 5.75 Å². The van der Waals surface area contributed by atoms with E-state index in [0.29, 0.717) is 0 Å². The van der Waals surface area contributed by atoms with Crippen LogP contribution >= 0.6 is 0 Å². The number of hydrogen-bond donors (Lipinski definition) is 0. The van der Waals surface area contributed by atoms with Crippen LogP contribution in [0.3, 0.4) is 0 Å². The van der Waals surface area contributed by atoms with E-state index in [1.54, 1.807) is 0 Å². The fourth-order valence-electron chi connectivity index (χ4n) is 0.200. The van der Waals surface area contributed by atoms with Gasteiger partial charge in [0.25, 0.3) is 0 Å². The van der Waals surface area contributed by atoms with Crippen LogP contribution in [-0.4, -0.2) is 20.3 Å². The molecule has 0 aliphatic rings. The summed E-state index contributed by atoms with van der Waals surface area (Å²) in [6.45, 7) is 0. The molecule has 0 aliphatic heterocycles. The third-order valence-corrected chi connectivity index (χ3v) is 1.02. The third kappa shape index (κ3) is 7.70. The lowest BCUT2D eigenvalue weighted by Crippen LogP contribution is -2.20. The van der Waals surface area contributed by atoms with Crippen molar-refractivity contribution in [2.45, 2.75) is 6.18 Å². The Morgan fingerprint density at radius 1 is 1.22 bits per heavy atom. The number of alkyl halides is 3. The van der Waals surface area contributed by atoms with Crippen LogP contribution in [0.5, 0.6) is 0 Å². The highest BCUT2D eigenvalue weighted by Crippen LogP contribution is 2.16. The molecule has 0 aromatic heterocycles. The van der Waals surface area contributed by atoms with Crippen molar-refractivity contribution >= 4 is 10.1 Å². The zero-order valence-electron chi connectivity index (χ0n) is 3.97. The molecule has 0 amide bonds. The maximum atomic E-state index is 11.0. The lowest BCUT2D eigenvalue weighted by molar-refractivity contribution is -0.107. The first-order valence-electron chi connectivity index (χ1n) is 1.71. The summed E-state index contributed by atoms with van der Waals surface area (Å²) in [7, 11) is -5.16. The molecule has 0 heterocycles. The molecule has 0 rings (SSSR count). The molecule has 0 fully saturated rings. The maximum Gasteiger partial charge on any atom is 0.405 e. The van der Waals surface area contributed by atoms with Gasteiger partial charge in [0.2, 0.25) is 0 Å². The maximum absolute atomic E-state index is 11.0. The van der Waals surface area contributed by atoms with E-state index in [-0.39, 0.29) is 0 Å². The predicted molar refractivity (Wildman–Crippen MR) is 20.5 cm³/mol. The first-order valence-corrected chi connectivity index (χ1v) is 3.29. The van der Waals surface area contributed by atoms with Crippen molar-refractivity contribution in [3.63, 3.8) is 0 Å². The minimum absolute atomic E-state index is 2.29. The molecule has 0 unspecified atom stereocenters. The summed E-state index contributed by atoms with van der Waals surface area (Å²) in [5.74, 6) is -2.29. The average Bonchev–Trinajstić information content (AvgIpc) is 1.14. The summed E-state index contributed by atoms with van der Waals surface area (Å²) < 4.78 is 61.0. The van der Waals surface area contributed by atoms with Crippen molar-refractivity contribution in [3.8, 4) is 0 Å². The Hall–Kier alpha value is -0.300. The zero-order chi connectivity index (χ0) is 7.71. The van der Waals surface area contributed by atoms with Crippen molar-refractivity contribution in [1.82, 2.24) is 0 Å². The molecule has 0 bridgehead atoms. The summed E-state index contributed by atoms with van der Waals surface area (Å²) in [5.41, 5.74) is 0. The normalized spacial score (nSPS) is 13.8. The van der Waals surface area contributed by atoms with Crippen molar-refractivity contribution < 1.29 is 26.1 Å². The molecule has 0 saturated carbocycles. The highest BCUT2D eigenvalue weighted by molar-refractivity contribution is 7.85. The van der Waals surface area contributed by atoms with Crippen LogP contribution in [0.25, 0.3) is 0 Å². The van der Waals surface area contributed by atoms with Gasteiger partial charge < -0.3 is 0 Å². The van der Waals surface area contributed by atoms with Gasteiger partial charge >= 0.3 is 16.3 Å². The third-order valence-electron chi connectivity index (χ3n) is 0.340. The summed E-state index contributed by atoms with van der Waals surface area (Å²) >= 11 is 0. The van der Waals surface area contributed by atoms with Gasteiger partial charge in [-0.05, 0) is 0 Å². The van der Waals surface area contributed by atoms with Crippen LogP contribution in [0.1, 0.15) is 0 Å². The standard InChI is InChI=1S/C2H2F3O3S/c3-2(4,5)1-9(6,7)8/h1H2. The van der Waals surface area contributed by atoms with Gasteiger partial charge in [-0.2, -0.15) is 21.6 Å². The summed E-state index contributed by atoms with van der Waals surface area (Å²) in [6.07, 6.45) is -4.92. The van der Waals surface area contributed by atoms with Crippen molar-refractivity contribution in [1.29, 1.82) is 0 Å². The van der Waals surface area contributed by atoms with Crippen LogP contribution in [0, 0.1) is 0 Å². The van der Waals surface area contributed by atoms with E-state index >= 15 is 0 Å². The van der Waals surface area contributed by atoms with Crippen LogP contribution in [0.2, 0.25) is 0 Å².